The molecular formula is C13H12N2O3. The molecule has 0 radical (unpaired) electrons. The molecule has 5 nitrogen and oxygen atoms in total. The standard InChI is InChI=1S/C13H12N2O3/c1-6-9(16)4-2-7-8-3-5-10(18-15)11(14)13(8)17-12(6)7/h2-5,16H,14-15H2,1H3. The number of fused-ring (bicyclic) bond motifs is 3. The Labute approximate surface area is 102 Å². The maximum atomic E-state index is 9.68. The van der Waals surface area contributed by atoms with Gasteiger partial charge in [0, 0.05) is 16.3 Å². The second-order valence-electron chi connectivity index (χ2n) is 4.16. The predicted octanol–water partition coefficient (Wildman–Crippen LogP) is 2.43. The van der Waals surface area contributed by atoms with E-state index in [0.29, 0.717) is 28.2 Å². The number of hydrogen-bond acceptors (Lipinski definition) is 5. The molecule has 0 saturated heterocycles. The maximum absolute atomic E-state index is 9.68. The van der Waals surface area contributed by atoms with Gasteiger partial charge in [0.1, 0.15) is 17.0 Å². The predicted molar refractivity (Wildman–Crippen MR) is 69.3 cm³/mol. The first-order valence-electron chi connectivity index (χ1n) is 5.43. The molecule has 1 aromatic heterocycles. The van der Waals surface area contributed by atoms with Crippen molar-refractivity contribution in [1.29, 1.82) is 0 Å². The summed E-state index contributed by atoms with van der Waals surface area (Å²) in [7, 11) is 0. The van der Waals surface area contributed by atoms with E-state index in [9.17, 15) is 5.11 Å². The third-order valence-electron chi connectivity index (χ3n) is 3.15. The minimum Gasteiger partial charge on any atom is -0.508 e. The summed E-state index contributed by atoms with van der Waals surface area (Å²) in [4.78, 5) is 4.67. The molecule has 0 atom stereocenters. The van der Waals surface area contributed by atoms with Gasteiger partial charge in [-0.25, -0.2) is 0 Å². The van der Waals surface area contributed by atoms with Crippen LogP contribution in [-0.2, 0) is 0 Å². The number of nitrogen functional groups attached to an aromatic ring is 1. The smallest absolute Gasteiger partial charge is 0.173 e. The van der Waals surface area contributed by atoms with Gasteiger partial charge in [-0.1, -0.05) is 0 Å². The van der Waals surface area contributed by atoms with Crippen molar-refractivity contribution in [2.45, 2.75) is 6.92 Å². The van der Waals surface area contributed by atoms with Crippen LogP contribution in [0, 0.1) is 6.92 Å². The van der Waals surface area contributed by atoms with Gasteiger partial charge in [-0.05, 0) is 31.2 Å². The van der Waals surface area contributed by atoms with Crippen LogP contribution >= 0.6 is 0 Å². The lowest BCUT2D eigenvalue weighted by molar-refractivity contribution is 0.336. The Balaban J connectivity index is 2.50. The van der Waals surface area contributed by atoms with Gasteiger partial charge in [0.15, 0.2) is 11.3 Å². The second kappa shape index (κ2) is 3.54. The number of nitrogens with two attached hydrogens (primary N) is 2. The molecule has 0 aliphatic carbocycles. The third kappa shape index (κ3) is 1.25. The monoisotopic (exact) mass is 244 g/mol. The zero-order chi connectivity index (χ0) is 12.9. The van der Waals surface area contributed by atoms with Gasteiger partial charge >= 0.3 is 0 Å². The molecule has 0 aliphatic heterocycles. The van der Waals surface area contributed by atoms with Crippen LogP contribution in [0.5, 0.6) is 11.5 Å². The highest BCUT2D eigenvalue weighted by Gasteiger charge is 2.15. The zero-order valence-electron chi connectivity index (χ0n) is 9.73. The molecule has 1 heterocycles. The van der Waals surface area contributed by atoms with E-state index in [1.54, 1.807) is 25.1 Å². The van der Waals surface area contributed by atoms with Gasteiger partial charge in [0.2, 0.25) is 0 Å². The molecule has 5 heteroatoms. The topological polar surface area (TPSA) is 94.6 Å². The van der Waals surface area contributed by atoms with Gasteiger partial charge in [-0.3, -0.25) is 0 Å². The van der Waals surface area contributed by atoms with Crippen molar-refractivity contribution in [3.63, 3.8) is 0 Å². The molecule has 2 aromatic carbocycles. The molecule has 18 heavy (non-hydrogen) atoms. The van der Waals surface area contributed by atoms with Crippen molar-refractivity contribution in [2.75, 3.05) is 5.73 Å². The van der Waals surface area contributed by atoms with Gasteiger partial charge < -0.3 is 20.1 Å². The van der Waals surface area contributed by atoms with E-state index < -0.39 is 0 Å². The number of hydrogen-bond donors (Lipinski definition) is 3. The molecule has 0 spiro atoms. The summed E-state index contributed by atoms with van der Waals surface area (Å²) in [6.45, 7) is 1.79. The number of phenols is 1. The minimum absolute atomic E-state index is 0.190. The zero-order valence-corrected chi connectivity index (χ0v) is 9.73. The number of benzene rings is 2. The first-order valence-corrected chi connectivity index (χ1v) is 5.43. The van der Waals surface area contributed by atoms with E-state index in [4.69, 9.17) is 16.0 Å². The number of rotatable bonds is 1. The average molecular weight is 244 g/mol. The molecule has 0 aliphatic rings. The summed E-state index contributed by atoms with van der Waals surface area (Å²) in [6, 6.07) is 6.95. The molecule has 3 rings (SSSR count). The fraction of sp³-hybridized carbons (Fsp3) is 0.0769. The van der Waals surface area contributed by atoms with Crippen molar-refractivity contribution < 1.29 is 14.4 Å². The van der Waals surface area contributed by atoms with Gasteiger partial charge in [0.05, 0.1) is 0 Å². The van der Waals surface area contributed by atoms with E-state index in [2.05, 4.69) is 4.84 Å². The van der Waals surface area contributed by atoms with Crippen molar-refractivity contribution >= 4 is 27.6 Å². The van der Waals surface area contributed by atoms with E-state index in [0.717, 1.165) is 10.8 Å². The molecule has 0 unspecified atom stereocenters. The molecule has 0 saturated carbocycles. The van der Waals surface area contributed by atoms with Crippen LogP contribution in [0.15, 0.2) is 28.7 Å². The molecule has 92 valence electrons. The highest BCUT2D eigenvalue weighted by molar-refractivity contribution is 6.10. The molecular weight excluding hydrogens is 232 g/mol. The first kappa shape index (κ1) is 10.7. The van der Waals surface area contributed by atoms with E-state index in [-0.39, 0.29) is 5.75 Å². The number of aryl methyl sites for hydroxylation is 1. The fourth-order valence-corrected chi connectivity index (χ4v) is 2.13. The largest absolute Gasteiger partial charge is 0.508 e. The quantitative estimate of drug-likeness (QED) is 0.451. The number of furan rings is 1. The SMILES string of the molecule is Cc1c(O)ccc2c1oc1c(N)c(ON)ccc12. The minimum atomic E-state index is 0.190. The normalized spacial score (nSPS) is 11.2. The molecule has 5 N–H and O–H groups in total. The van der Waals surface area contributed by atoms with Crippen LogP contribution in [-0.4, -0.2) is 5.11 Å². The highest BCUT2D eigenvalue weighted by atomic mass is 16.6. The number of phenolic OH excluding ortho intramolecular Hbond substituents is 1. The molecule has 3 aromatic rings. The lowest BCUT2D eigenvalue weighted by atomic mass is 10.1. The fourth-order valence-electron chi connectivity index (χ4n) is 2.13. The summed E-state index contributed by atoms with van der Waals surface area (Å²) in [6.07, 6.45) is 0. The molecule has 0 fully saturated rings. The first-order chi connectivity index (χ1) is 8.63. The Kier molecular flexibility index (Phi) is 2.11. The van der Waals surface area contributed by atoms with E-state index in [1.165, 1.54) is 0 Å². The van der Waals surface area contributed by atoms with Crippen molar-refractivity contribution in [3.8, 4) is 11.5 Å². The summed E-state index contributed by atoms with van der Waals surface area (Å²) < 4.78 is 5.72. The van der Waals surface area contributed by atoms with Crippen LogP contribution in [0.1, 0.15) is 5.56 Å². The van der Waals surface area contributed by atoms with Crippen molar-refractivity contribution in [3.05, 3.63) is 29.8 Å². The average Bonchev–Trinajstić information content (AvgIpc) is 2.75. The Morgan fingerprint density at radius 3 is 2.50 bits per heavy atom. The second-order valence-corrected chi connectivity index (χ2v) is 4.16. The summed E-state index contributed by atoms with van der Waals surface area (Å²) in [5.41, 5.74) is 8.08. The summed E-state index contributed by atoms with van der Waals surface area (Å²) in [5, 5.41) is 11.4. The Hall–Kier alpha value is -2.40. The van der Waals surface area contributed by atoms with Crippen LogP contribution in [0.25, 0.3) is 21.9 Å². The van der Waals surface area contributed by atoms with Crippen molar-refractivity contribution in [2.24, 2.45) is 5.90 Å². The molecule has 0 bridgehead atoms. The third-order valence-corrected chi connectivity index (χ3v) is 3.15. The van der Waals surface area contributed by atoms with Crippen LogP contribution in [0.3, 0.4) is 0 Å². The van der Waals surface area contributed by atoms with Crippen LogP contribution < -0.4 is 16.5 Å². The van der Waals surface area contributed by atoms with E-state index >= 15 is 0 Å². The van der Waals surface area contributed by atoms with Gasteiger partial charge in [-0.2, -0.15) is 5.90 Å². The highest BCUT2D eigenvalue weighted by Crippen LogP contribution is 2.39. The van der Waals surface area contributed by atoms with Gasteiger partial charge in [0.25, 0.3) is 0 Å². The maximum Gasteiger partial charge on any atom is 0.173 e. The number of aromatic hydroxyl groups is 1. The van der Waals surface area contributed by atoms with Crippen LogP contribution in [0.2, 0.25) is 0 Å². The lowest BCUT2D eigenvalue weighted by Gasteiger charge is -2.02. The van der Waals surface area contributed by atoms with Crippen LogP contribution in [0.4, 0.5) is 5.69 Å². The Morgan fingerprint density at radius 2 is 1.78 bits per heavy atom. The van der Waals surface area contributed by atoms with E-state index in [1.807, 2.05) is 6.07 Å². The summed E-state index contributed by atoms with van der Waals surface area (Å²) >= 11 is 0. The molecule has 0 amide bonds. The Morgan fingerprint density at radius 1 is 1.11 bits per heavy atom. The van der Waals surface area contributed by atoms with Gasteiger partial charge in [-0.15, -0.1) is 0 Å². The number of anilines is 1. The lowest BCUT2D eigenvalue weighted by Crippen LogP contribution is -2.04. The Bertz CT molecular complexity index is 762. The van der Waals surface area contributed by atoms with Crippen molar-refractivity contribution in [1.82, 2.24) is 0 Å². The summed E-state index contributed by atoms with van der Waals surface area (Å²) in [5.74, 6) is 5.68.